The van der Waals surface area contributed by atoms with Crippen molar-refractivity contribution in [2.45, 2.75) is 30.7 Å². The normalized spacial score (nSPS) is 24.8. The quantitative estimate of drug-likeness (QED) is 0.334. The molecule has 11 heteroatoms. The molecule has 0 radical (unpaired) electrons. The fraction of sp³-hybridized carbons (Fsp3) is 0.364. The van der Waals surface area contributed by atoms with Crippen LogP contribution in [0.15, 0.2) is 36.4 Å². The Morgan fingerprint density at radius 1 is 0.939 bits per heavy atom. The van der Waals surface area contributed by atoms with Gasteiger partial charge in [-0.05, 0) is 41.5 Å². The first kappa shape index (κ1) is 24.9. The second-order valence-electron chi connectivity index (χ2n) is 7.42. The number of carbonyl (C=O) groups excluding carboxylic acids is 2. The van der Waals surface area contributed by atoms with Crippen LogP contribution in [0.5, 0.6) is 5.75 Å². The van der Waals surface area contributed by atoms with Gasteiger partial charge in [-0.2, -0.15) is 0 Å². The maximum absolute atomic E-state index is 12.2. The number of benzene rings is 2. The van der Waals surface area contributed by atoms with Gasteiger partial charge in [0.05, 0.1) is 11.6 Å². The number of hydrogen-bond acceptors (Lipinski definition) is 8. The molecule has 0 aliphatic carbocycles. The summed E-state index contributed by atoms with van der Waals surface area (Å²) in [4.78, 5) is 24.3. The third-order valence-electron chi connectivity index (χ3n) is 5.27. The Kier molecular flexibility index (Phi) is 7.90. The zero-order chi connectivity index (χ0) is 24.3. The summed E-state index contributed by atoms with van der Waals surface area (Å²) in [5.41, 5.74) is 1.70. The standard InChI is InChI=1S/C22H25ClN2O8/c1-24-20(30)12-5-11(6-13(7-12)21(31)25-2)10-3-4-15(14(23)8-10)32-22-19(29)18(28)17(27)16(9-26)33-22/h3-8,16-19,22,26-29H,9H2,1-2H3,(H,24,30)(H,25,31). The van der Waals surface area contributed by atoms with Gasteiger partial charge in [-0.1, -0.05) is 17.7 Å². The molecule has 1 saturated heterocycles. The van der Waals surface area contributed by atoms with E-state index in [4.69, 9.17) is 21.1 Å². The van der Waals surface area contributed by atoms with E-state index in [0.29, 0.717) is 11.1 Å². The highest BCUT2D eigenvalue weighted by Crippen LogP contribution is 2.34. The van der Waals surface area contributed by atoms with Crippen molar-refractivity contribution in [2.24, 2.45) is 0 Å². The van der Waals surface area contributed by atoms with Crippen LogP contribution >= 0.6 is 11.6 Å². The second kappa shape index (κ2) is 10.5. The van der Waals surface area contributed by atoms with Gasteiger partial charge in [-0.15, -0.1) is 0 Å². The predicted octanol–water partition coefficient (Wildman–Crippen LogP) is -0.0951. The highest BCUT2D eigenvalue weighted by atomic mass is 35.5. The van der Waals surface area contributed by atoms with Crippen LogP contribution in [0.4, 0.5) is 0 Å². The molecule has 6 N–H and O–H groups in total. The van der Waals surface area contributed by atoms with Crippen LogP contribution in [-0.2, 0) is 4.74 Å². The molecule has 0 spiro atoms. The Morgan fingerprint density at radius 2 is 1.55 bits per heavy atom. The fourth-order valence-electron chi connectivity index (χ4n) is 3.41. The molecular weight excluding hydrogens is 456 g/mol. The number of carbonyl (C=O) groups is 2. The Bertz CT molecular complexity index is 997. The van der Waals surface area contributed by atoms with Gasteiger partial charge in [-0.3, -0.25) is 9.59 Å². The molecule has 3 rings (SSSR count). The van der Waals surface area contributed by atoms with Gasteiger partial charge in [0.25, 0.3) is 11.8 Å². The van der Waals surface area contributed by atoms with Gasteiger partial charge in [0, 0.05) is 25.2 Å². The molecule has 2 aromatic rings. The van der Waals surface area contributed by atoms with Crippen molar-refractivity contribution in [3.05, 3.63) is 52.5 Å². The van der Waals surface area contributed by atoms with Gasteiger partial charge in [-0.25, -0.2) is 0 Å². The van der Waals surface area contributed by atoms with Gasteiger partial charge < -0.3 is 40.5 Å². The molecule has 10 nitrogen and oxygen atoms in total. The molecule has 178 valence electrons. The minimum atomic E-state index is -1.59. The molecule has 1 aliphatic heterocycles. The number of hydrogen-bond donors (Lipinski definition) is 6. The zero-order valence-electron chi connectivity index (χ0n) is 17.9. The zero-order valence-corrected chi connectivity index (χ0v) is 18.6. The number of aliphatic hydroxyl groups is 4. The number of amides is 2. The highest BCUT2D eigenvalue weighted by molar-refractivity contribution is 6.32. The summed E-state index contributed by atoms with van der Waals surface area (Å²) in [5, 5.41) is 44.4. The van der Waals surface area contributed by atoms with Crippen LogP contribution in [0.1, 0.15) is 20.7 Å². The maximum atomic E-state index is 12.2. The maximum Gasteiger partial charge on any atom is 0.251 e. The molecule has 2 aromatic carbocycles. The van der Waals surface area contributed by atoms with Gasteiger partial charge in [0.15, 0.2) is 0 Å². The number of halogens is 1. The summed E-state index contributed by atoms with van der Waals surface area (Å²) in [6, 6.07) is 9.34. The average molecular weight is 481 g/mol. The van der Waals surface area contributed by atoms with E-state index in [2.05, 4.69) is 10.6 Å². The van der Waals surface area contributed by atoms with E-state index in [9.17, 15) is 30.0 Å². The highest BCUT2D eigenvalue weighted by Gasteiger charge is 2.44. The summed E-state index contributed by atoms with van der Waals surface area (Å²) in [5.74, 6) is -0.620. The first-order valence-electron chi connectivity index (χ1n) is 10.1. The fourth-order valence-corrected chi connectivity index (χ4v) is 3.64. The van der Waals surface area contributed by atoms with Gasteiger partial charge >= 0.3 is 0 Å². The largest absolute Gasteiger partial charge is 0.460 e. The minimum absolute atomic E-state index is 0.110. The summed E-state index contributed by atoms with van der Waals surface area (Å²) in [6.07, 6.45) is -7.19. The second-order valence-corrected chi connectivity index (χ2v) is 7.82. The van der Waals surface area contributed by atoms with Crippen LogP contribution in [0.3, 0.4) is 0 Å². The topological polar surface area (TPSA) is 158 Å². The van der Waals surface area contributed by atoms with Crippen LogP contribution < -0.4 is 15.4 Å². The summed E-state index contributed by atoms with van der Waals surface area (Å²) >= 11 is 6.36. The van der Waals surface area contributed by atoms with E-state index in [0.717, 1.165) is 0 Å². The Hall–Kier alpha value is -2.73. The molecule has 5 atom stereocenters. The molecule has 5 unspecified atom stereocenters. The van der Waals surface area contributed by atoms with Crippen molar-refractivity contribution in [3.8, 4) is 16.9 Å². The first-order chi connectivity index (χ1) is 15.7. The van der Waals surface area contributed by atoms with E-state index in [1.807, 2.05) is 0 Å². The summed E-state index contributed by atoms with van der Waals surface area (Å²) < 4.78 is 10.9. The Balaban J connectivity index is 1.90. The van der Waals surface area contributed by atoms with Crippen molar-refractivity contribution in [3.63, 3.8) is 0 Å². The molecule has 1 heterocycles. The minimum Gasteiger partial charge on any atom is -0.460 e. The molecule has 33 heavy (non-hydrogen) atoms. The van der Waals surface area contributed by atoms with Crippen molar-refractivity contribution in [1.82, 2.24) is 10.6 Å². The van der Waals surface area contributed by atoms with Crippen LogP contribution in [0.2, 0.25) is 5.02 Å². The molecular formula is C22H25ClN2O8. The van der Waals surface area contributed by atoms with Crippen LogP contribution in [0.25, 0.3) is 11.1 Å². The third kappa shape index (κ3) is 5.27. The Labute approximate surface area is 194 Å². The lowest BCUT2D eigenvalue weighted by molar-refractivity contribution is -0.277. The lowest BCUT2D eigenvalue weighted by Crippen LogP contribution is -2.60. The molecule has 2 amide bonds. The lowest BCUT2D eigenvalue weighted by Gasteiger charge is -2.39. The molecule has 1 aliphatic rings. The smallest absolute Gasteiger partial charge is 0.251 e. The molecule has 0 saturated carbocycles. The van der Waals surface area contributed by atoms with Gasteiger partial charge in [0.1, 0.15) is 30.2 Å². The number of ether oxygens (including phenoxy) is 2. The van der Waals surface area contributed by atoms with Crippen molar-refractivity contribution in [1.29, 1.82) is 0 Å². The Morgan fingerprint density at radius 3 is 2.06 bits per heavy atom. The third-order valence-corrected chi connectivity index (χ3v) is 5.56. The molecule has 1 fully saturated rings. The SMILES string of the molecule is CNC(=O)c1cc(C(=O)NC)cc(-c2ccc(OC3OC(CO)C(O)C(O)C3O)c(Cl)c2)c1. The monoisotopic (exact) mass is 480 g/mol. The van der Waals surface area contributed by atoms with E-state index in [1.165, 1.54) is 32.3 Å². The first-order valence-corrected chi connectivity index (χ1v) is 10.4. The van der Waals surface area contributed by atoms with Gasteiger partial charge in [0.2, 0.25) is 6.29 Å². The van der Waals surface area contributed by atoms with E-state index in [1.54, 1.807) is 18.2 Å². The van der Waals surface area contributed by atoms with E-state index >= 15 is 0 Å². The van der Waals surface area contributed by atoms with Crippen molar-refractivity contribution < 1.29 is 39.5 Å². The number of rotatable bonds is 6. The number of nitrogens with one attached hydrogen (secondary N) is 2. The van der Waals surface area contributed by atoms with Crippen molar-refractivity contribution in [2.75, 3.05) is 20.7 Å². The van der Waals surface area contributed by atoms with Crippen LogP contribution in [-0.4, -0.2) is 83.6 Å². The summed E-state index contributed by atoms with van der Waals surface area (Å²) in [6.45, 7) is -0.590. The molecule has 0 aromatic heterocycles. The lowest BCUT2D eigenvalue weighted by atomic mass is 9.98. The summed E-state index contributed by atoms with van der Waals surface area (Å²) in [7, 11) is 2.97. The average Bonchev–Trinajstić information content (AvgIpc) is 2.83. The van der Waals surface area contributed by atoms with Crippen LogP contribution in [0, 0.1) is 0 Å². The number of aliphatic hydroxyl groups excluding tert-OH is 4. The molecule has 0 bridgehead atoms. The predicted molar refractivity (Wildman–Crippen MR) is 118 cm³/mol. The van der Waals surface area contributed by atoms with E-state index < -0.39 is 37.3 Å². The van der Waals surface area contributed by atoms with E-state index in [-0.39, 0.29) is 33.7 Å². The van der Waals surface area contributed by atoms with Crippen molar-refractivity contribution >= 4 is 23.4 Å².